The van der Waals surface area contributed by atoms with Crippen LogP contribution in [0.5, 0.6) is 0 Å². The predicted octanol–water partition coefficient (Wildman–Crippen LogP) is 3.88. The van der Waals surface area contributed by atoms with Crippen LogP contribution in [0.25, 0.3) is 0 Å². The van der Waals surface area contributed by atoms with E-state index in [0.717, 1.165) is 17.7 Å². The van der Waals surface area contributed by atoms with Crippen LogP contribution in [0, 0.1) is 5.82 Å². The number of carbonyl (C=O) groups excluding carboxylic acids is 1. The van der Waals surface area contributed by atoms with Crippen LogP contribution in [0.3, 0.4) is 0 Å². The van der Waals surface area contributed by atoms with Gasteiger partial charge in [0.2, 0.25) is 5.91 Å². The first-order valence-corrected chi connectivity index (χ1v) is 8.74. The van der Waals surface area contributed by atoms with Crippen molar-refractivity contribution in [3.8, 4) is 0 Å². The quantitative estimate of drug-likeness (QED) is 0.702. The van der Waals surface area contributed by atoms with Gasteiger partial charge in [0, 0.05) is 37.2 Å². The van der Waals surface area contributed by atoms with Crippen LogP contribution >= 0.6 is 0 Å². The molecular formula is C21H22FN3O. The highest BCUT2D eigenvalue weighted by atomic mass is 19.1. The van der Waals surface area contributed by atoms with E-state index in [0.29, 0.717) is 12.1 Å². The molecule has 2 aromatic carbocycles. The van der Waals surface area contributed by atoms with Gasteiger partial charge < -0.3 is 5.32 Å². The second-order valence-electron chi connectivity index (χ2n) is 6.17. The number of nitrogens with one attached hydrogen (secondary N) is 1. The summed E-state index contributed by atoms with van der Waals surface area (Å²) in [7, 11) is 0. The molecule has 1 unspecified atom stereocenters. The van der Waals surface area contributed by atoms with Crippen LogP contribution in [0.2, 0.25) is 0 Å². The van der Waals surface area contributed by atoms with E-state index < -0.39 is 0 Å². The number of rotatable bonds is 7. The van der Waals surface area contributed by atoms with E-state index in [1.165, 1.54) is 6.07 Å². The number of aromatic nitrogens is 2. The first-order valence-electron chi connectivity index (χ1n) is 8.74. The molecule has 0 saturated carbocycles. The second kappa shape index (κ2) is 8.43. The molecule has 0 radical (unpaired) electrons. The normalized spacial score (nSPS) is 11.9. The molecule has 0 aliphatic heterocycles. The van der Waals surface area contributed by atoms with Gasteiger partial charge in [0.1, 0.15) is 5.82 Å². The van der Waals surface area contributed by atoms with Crippen molar-refractivity contribution in [3.05, 3.63) is 89.5 Å². The summed E-state index contributed by atoms with van der Waals surface area (Å²) in [6, 6.07) is 16.2. The van der Waals surface area contributed by atoms with Crippen molar-refractivity contribution >= 4 is 5.91 Å². The van der Waals surface area contributed by atoms with Crippen molar-refractivity contribution in [2.45, 2.75) is 32.4 Å². The third-order valence-electron chi connectivity index (χ3n) is 4.37. The van der Waals surface area contributed by atoms with Gasteiger partial charge >= 0.3 is 0 Å². The molecule has 0 bridgehead atoms. The van der Waals surface area contributed by atoms with Gasteiger partial charge in [0.05, 0.1) is 6.20 Å². The summed E-state index contributed by atoms with van der Waals surface area (Å²) in [5.41, 5.74) is 2.40. The van der Waals surface area contributed by atoms with Crippen molar-refractivity contribution < 1.29 is 9.18 Å². The Kier molecular flexibility index (Phi) is 5.79. The molecule has 3 rings (SSSR count). The highest BCUT2D eigenvalue weighted by Crippen LogP contribution is 2.29. The number of hydrogen-bond acceptors (Lipinski definition) is 2. The van der Waals surface area contributed by atoms with E-state index in [1.54, 1.807) is 24.4 Å². The Morgan fingerprint density at radius 2 is 1.88 bits per heavy atom. The van der Waals surface area contributed by atoms with Crippen molar-refractivity contribution in [2.24, 2.45) is 0 Å². The Hall–Kier alpha value is -2.95. The zero-order valence-electron chi connectivity index (χ0n) is 14.7. The first-order chi connectivity index (χ1) is 12.7. The molecule has 134 valence electrons. The lowest BCUT2D eigenvalue weighted by atomic mass is 9.88. The summed E-state index contributed by atoms with van der Waals surface area (Å²) in [4.78, 5) is 12.5. The average Bonchev–Trinajstić information content (AvgIpc) is 3.14. The van der Waals surface area contributed by atoms with Crippen LogP contribution in [-0.2, 0) is 17.9 Å². The largest absolute Gasteiger partial charge is 0.352 e. The fourth-order valence-corrected chi connectivity index (χ4v) is 2.98. The van der Waals surface area contributed by atoms with Crippen molar-refractivity contribution in [1.29, 1.82) is 0 Å². The maximum absolute atomic E-state index is 14.3. The van der Waals surface area contributed by atoms with Crippen LogP contribution in [0.1, 0.15) is 36.0 Å². The number of amides is 1. The lowest BCUT2D eigenvalue weighted by Gasteiger charge is -2.18. The maximum atomic E-state index is 14.3. The molecule has 26 heavy (non-hydrogen) atoms. The van der Waals surface area contributed by atoms with Crippen molar-refractivity contribution in [2.75, 3.05) is 0 Å². The molecule has 1 N–H and O–H groups in total. The zero-order chi connectivity index (χ0) is 18.4. The average molecular weight is 351 g/mol. The fraction of sp³-hybridized carbons (Fsp3) is 0.238. The SMILES string of the molecule is CCn1cc(CNC(=O)CC(c2ccccc2)c2ccccc2F)cn1. The lowest BCUT2D eigenvalue weighted by molar-refractivity contribution is -0.121. The van der Waals surface area contributed by atoms with Gasteiger partial charge in [-0.2, -0.15) is 5.10 Å². The molecule has 3 aromatic rings. The number of benzene rings is 2. The van der Waals surface area contributed by atoms with Crippen molar-refractivity contribution in [1.82, 2.24) is 15.1 Å². The predicted molar refractivity (Wildman–Crippen MR) is 99.0 cm³/mol. The number of carbonyl (C=O) groups is 1. The summed E-state index contributed by atoms with van der Waals surface area (Å²) in [5.74, 6) is -0.736. The van der Waals surface area contributed by atoms with Gasteiger partial charge in [-0.15, -0.1) is 0 Å². The molecule has 5 heteroatoms. The van der Waals surface area contributed by atoms with Gasteiger partial charge in [0.15, 0.2) is 0 Å². The lowest BCUT2D eigenvalue weighted by Crippen LogP contribution is -2.25. The molecule has 0 fully saturated rings. The standard InChI is InChI=1S/C21H22FN3O/c1-2-25-15-16(14-24-25)13-23-21(26)12-19(17-8-4-3-5-9-17)18-10-6-7-11-20(18)22/h3-11,14-15,19H,2,12-13H2,1H3,(H,23,26). The summed E-state index contributed by atoms with van der Waals surface area (Å²) >= 11 is 0. The van der Waals surface area contributed by atoms with Gasteiger partial charge in [-0.05, 0) is 24.1 Å². The van der Waals surface area contributed by atoms with Gasteiger partial charge in [-0.25, -0.2) is 4.39 Å². The molecule has 1 aromatic heterocycles. The molecule has 1 heterocycles. The molecule has 1 atom stereocenters. The summed E-state index contributed by atoms with van der Waals surface area (Å²) in [6.45, 7) is 3.21. The van der Waals surface area contributed by atoms with Gasteiger partial charge in [0.25, 0.3) is 0 Å². The minimum Gasteiger partial charge on any atom is -0.352 e. The Morgan fingerprint density at radius 1 is 1.15 bits per heavy atom. The number of hydrogen-bond donors (Lipinski definition) is 1. The third-order valence-corrected chi connectivity index (χ3v) is 4.37. The Bertz CT molecular complexity index is 860. The van der Waals surface area contributed by atoms with E-state index in [1.807, 2.05) is 48.1 Å². The van der Waals surface area contributed by atoms with E-state index >= 15 is 0 Å². The van der Waals surface area contributed by atoms with Crippen LogP contribution < -0.4 is 5.32 Å². The van der Waals surface area contributed by atoms with Crippen LogP contribution in [-0.4, -0.2) is 15.7 Å². The van der Waals surface area contributed by atoms with E-state index in [2.05, 4.69) is 10.4 Å². The molecular weight excluding hydrogens is 329 g/mol. The molecule has 0 saturated heterocycles. The molecule has 1 amide bonds. The zero-order valence-corrected chi connectivity index (χ0v) is 14.7. The molecule has 0 aliphatic carbocycles. The minimum atomic E-state index is -0.323. The summed E-state index contributed by atoms with van der Waals surface area (Å²) in [6.07, 6.45) is 3.84. The number of nitrogens with zero attached hydrogens (tertiary/aromatic N) is 2. The Morgan fingerprint density at radius 3 is 2.58 bits per heavy atom. The van der Waals surface area contributed by atoms with E-state index in [-0.39, 0.29) is 24.1 Å². The molecule has 0 spiro atoms. The van der Waals surface area contributed by atoms with Crippen LogP contribution in [0.15, 0.2) is 67.0 Å². The third kappa shape index (κ3) is 4.36. The Labute approximate surface area is 152 Å². The van der Waals surface area contributed by atoms with Crippen LogP contribution in [0.4, 0.5) is 4.39 Å². The van der Waals surface area contributed by atoms with Crippen molar-refractivity contribution in [3.63, 3.8) is 0 Å². The highest BCUT2D eigenvalue weighted by molar-refractivity contribution is 5.77. The van der Waals surface area contributed by atoms with Gasteiger partial charge in [-0.3, -0.25) is 9.48 Å². The summed E-state index contributed by atoms with van der Waals surface area (Å²) < 4.78 is 16.1. The molecule has 4 nitrogen and oxygen atoms in total. The second-order valence-corrected chi connectivity index (χ2v) is 6.17. The monoisotopic (exact) mass is 351 g/mol. The first kappa shape index (κ1) is 17.9. The summed E-state index contributed by atoms with van der Waals surface area (Å²) in [5, 5.41) is 7.11. The number of aryl methyl sites for hydroxylation is 1. The van der Waals surface area contributed by atoms with E-state index in [9.17, 15) is 9.18 Å². The highest BCUT2D eigenvalue weighted by Gasteiger charge is 2.21. The molecule has 0 aliphatic rings. The minimum absolute atomic E-state index is 0.119. The maximum Gasteiger partial charge on any atom is 0.221 e. The topological polar surface area (TPSA) is 46.9 Å². The number of halogens is 1. The Balaban J connectivity index is 1.73. The van der Waals surface area contributed by atoms with E-state index in [4.69, 9.17) is 0 Å². The fourth-order valence-electron chi connectivity index (χ4n) is 2.98. The smallest absolute Gasteiger partial charge is 0.221 e. The van der Waals surface area contributed by atoms with Gasteiger partial charge in [-0.1, -0.05) is 48.5 Å².